The first-order valence-corrected chi connectivity index (χ1v) is 8.48. The summed E-state index contributed by atoms with van der Waals surface area (Å²) in [6.07, 6.45) is 6.81. The fourth-order valence-electron chi connectivity index (χ4n) is 3.21. The van der Waals surface area contributed by atoms with Gasteiger partial charge in [0.1, 0.15) is 12.4 Å². The van der Waals surface area contributed by atoms with Gasteiger partial charge >= 0.3 is 0 Å². The van der Waals surface area contributed by atoms with E-state index in [-0.39, 0.29) is 0 Å². The van der Waals surface area contributed by atoms with Gasteiger partial charge in [-0.25, -0.2) is 0 Å². The van der Waals surface area contributed by atoms with Crippen molar-refractivity contribution in [1.29, 1.82) is 0 Å². The molecule has 1 aromatic rings. The highest BCUT2D eigenvalue weighted by molar-refractivity contribution is 5.27. The van der Waals surface area contributed by atoms with Gasteiger partial charge in [-0.3, -0.25) is 4.90 Å². The van der Waals surface area contributed by atoms with Gasteiger partial charge in [0.05, 0.1) is 0 Å². The highest BCUT2D eigenvalue weighted by atomic mass is 16.5. The molecule has 0 aromatic heterocycles. The summed E-state index contributed by atoms with van der Waals surface area (Å²) in [4.78, 5) is 2.64. The van der Waals surface area contributed by atoms with E-state index in [2.05, 4.69) is 41.4 Å². The third-order valence-electron chi connectivity index (χ3n) is 4.57. The SMILES string of the molecule is Cc1cccc(OCCN(CC2CCCCN2)C2CC2)c1. The number of hydrogen-bond donors (Lipinski definition) is 1. The number of hydrogen-bond acceptors (Lipinski definition) is 3. The molecule has 2 fully saturated rings. The van der Waals surface area contributed by atoms with E-state index in [1.165, 1.54) is 50.8 Å². The lowest BCUT2D eigenvalue weighted by Gasteiger charge is -2.30. The van der Waals surface area contributed by atoms with E-state index >= 15 is 0 Å². The van der Waals surface area contributed by atoms with Crippen molar-refractivity contribution in [3.05, 3.63) is 29.8 Å². The minimum atomic E-state index is 0.693. The number of nitrogens with zero attached hydrogens (tertiary/aromatic N) is 1. The summed E-state index contributed by atoms with van der Waals surface area (Å²) < 4.78 is 5.92. The Balaban J connectivity index is 1.44. The van der Waals surface area contributed by atoms with Gasteiger partial charge in [0.25, 0.3) is 0 Å². The van der Waals surface area contributed by atoms with E-state index in [0.29, 0.717) is 6.04 Å². The highest BCUT2D eigenvalue weighted by Gasteiger charge is 2.30. The first-order valence-electron chi connectivity index (χ1n) is 8.48. The quantitative estimate of drug-likeness (QED) is 0.835. The minimum absolute atomic E-state index is 0.693. The van der Waals surface area contributed by atoms with E-state index in [9.17, 15) is 0 Å². The van der Waals surface area contributed by atoms with Gasteiger partial charge in [0, 0.05) is 25.2 Å². The summed E-state index contributed by atoms with van der Waals surface area (Å²) in [6.45, 7) is 6.35. The fourth-order valence-corrected chi connectivity index (χ4v) is 3.21. The van der Waals surface area contributed by atoms with Gasteiger partial charge in [-0.1, -0.05) is 18.6 Å². The maximum atomic E-state index is 5.92. The molecule has 1 aliphatic carbocycles. The topological polar surface area (TPSA) is 24.5 Å². The van der Waals surface area contributed by atoms with Crippen molar-refractivity contribution in [1.82, 2.24) is 10.2 Å². The fraction of sp³-hybridized carbons (Fsp3) is 0.667. The van der Waals surface area contributed by atoms with Crippen molar-refractivity contribution in [2.75, 3.05) is 26.2 Å². The molecule has 2 aliphatic rings. The molecule has 1 saturated carbocycles. The van der Waals surface area contributed by atoms with Gasteiger partial charge in [-0.05, 0) is 56.8 Å². The molecule has 1 atom stereocenters. The van der Waals surface area contributed by atoms with Gasteiger partial charge < -0.3 is 10.1 Å². The molecule has 3 heteroatoms. The molecule has 1 aliphatic heterocycles. The third-order valence-corrected chi connectivity index (χ3v) is 4.57. The predicted octanol–water partition coefficient (Wildman–Crippen LogP) is 2.98. The maximum absolute atomic E-state index is 5.92. The first-order chi connectivity index (χ1) is 10.3. The monoisotopic (exact) mass is 288 g/mol. The third kappa shape index (κ3) is 4.72. The summed E-state index contributed by atoms with van der Waals surface area (Å²) in [7, 11) is 0. The Morgan fingerprint density at radius 1 is 1.24 bits per heavy atom. The maximum Gasteiger partial charge on any atom is 0.119 e. The number of ether oxygens (including phenoxy) is 1. The van der Waals surface area contributed by atoms with Gasteiger partial charge in [0.2, 0.25) is 0 Å². The Hall–Kier alpha value is -1.06. The average Bonchev–Trinajstić information content (AvgIpc) is 3.32. The van der Waals surface area contributed by atoms with Crippen molar-refractivity contribution in [2.45, 2.75) is 51.1 Å². The van der Waals surface area contributed by atoms with Crippen LogP contribution in [0.2, 0.25) is 0 Å². The second kappa shape index (κ2) is 7.28. The zero-order chi connectivity index (χ0) is 14.5. The van der Waals surface area contributed by atoms with Crippen LogP contribution in [0.1, 0.15) is 37.7 Å². The van der Waals surface area contributed by atoms with Gasteiger partial charge in [0.15, 0.2) is 0 Å². The molecule has 0 spiro atoms. The standard InChI is InChI=1S/C18H28N2O/c1-15-5-4-7-18(13-15)21-12-11-20(17-8-9-17)14-16-6-2-3-10-19-16/h4-5,7,13,16-17,19H,2-3,6,8-12,14H2,1H3. The van der Waals surface area contributed by atoms with Crippen molar-refractivity contribution < 1.29 is 4.74 Å². The molecule has 3 nitrogen and oxygen atoms in total. The predicted molar refractivity (Wildman–Crippen MR) is 86.9 cm³/mol. The molecule has 0 radical (unpaired) electrons. The number of benzene rings is 1. The van der Waals surface area contributed by atoms with E-state index in [0.717, 1.165) is 24.9 Å². The van der Waals surface area contributed by atoms with Gasteiger partial charge in [-0.15, -0.1) is 0 Å². The molecule has 116 valence electrons. The van der Waals surface area contributed by atoms with Crippen LogP contribution < -0.4 is 10.1 Å². The summed E-state index contributed by atoms with van der Waals surface area (Å²) in [5.41, 5.74) is 1.26. The zero-order valence-electron chi connectivity index (χ0n) is 13.2. The molecule has 21 heavy (non-hydrogen) atoms. The summed E-state index contributed by atoms with van der Waals surface area (Å²) >= 11 is 0. The van der Waals surface area contributed by atoms with Crippen molar-refractivity contribution in [3.63, 3.8) is 0 Å². The van der Waals surface area contributed by atoms with Crippen molar-refractivity contribution >= 4 is 0 Å². The Morgan fingerprint density at radius 3 is 2.86 bits per heavy atom. The minimum Gasteiger partial charge on any atom is -0.492 e. The number of aryl methyl sites for hydroxylation is 1. The lowest BCUT2D eigenvalue weighted by molar-refractivity contribution is 0.176. The Morgan fingerprint density at radius 2 is 2.14 bits per heavy atom. The van der Waals surface area contributed by atoms with Crippen LogP contribution in [0.3, 0.4) is 0 Å². The van der Waals surface area contributed by atoms with Crippen LogP contribution in [-0.4, -0.2) is 43.2 Å². The van der Waals surface area contributed by atoms with Crippen LogP contribution >= 0.6 is 0 Å². The van der Waals surface area contributed by atoms with E-state index in [1.54, 1.807) is 0 Å². The van der Waals surface area contributed by atoms with Crippen LogP contribution in [0.25, 0.3) is 0 Å². The van der Waals surface area contributed by atoms with Crippen LogP contribution in [0.15, 0.2) is 24.3 Å². The lowest BCUT2D eigenvalue weighted by Crippen LogP contribution is -2.45. The van der Waals surface area contributed by atoms with E-state index in [1.807, 2.05) is 0 Å². The molecule has 1 N–H and O–H groups in total. The normalized spacial score (nSPS) is 22.5. The molecule has 0 bridgehead atoms. The molecule has 0 amide bonds. The van der Waals surface area contributed by atoms with Crippen molar-refractivity contribution in [3.8, 4) is 5.75 Å². The number of rotatable bonds is 7. The van der Waals surface area contributed by atoms with E-state index in [4.69, 9.17) is 4.74 Å². The molecule has 3 rings (SSSR count). The number of piperidine rings is 1. The van der Waals surface area contributed by atoms with Gasteiger partial charge in [-0.2, -0.15) is 0 Å². The molecule has 1 unspecified atom stereocenters. The summed E-state index contributed by atoms with van der Waals surface area (Å²) in [5.74, 6) is 1.00. The molecule has 1 heterocycles. The Bertz CT molecular complexity index is 439. The number of nitrogens with one attached hydrogen (secondary N) is 1. The molecule has 1 aromatic carbocycles. The van der Waals surface area contributed by atoms with Crippen LogP contribution in [0, 0.1) is 6.92 Å². The smallest absolute Gasteiger partial charge is 0.119 e. The summed E-state index contributed by atoms with van der Waals surface area (Å²) in [6, 6.07) is 9.85. The lowest BCUT2D eigenvalue weighted by atomic mass is 10.0. The van der Waals surface area contributed by atoms with Crippen molar-refractivity contribution in [2.24, 2.45) is 0 Å². The van der Waals surface area contributed by atoms with Crippen LogP contribution in [-0.2, 0) is 0 Å². The highest BCUT2D eigenvalue weighted by Crippen LogP contribution is 2.27. The second-order valence-corrected chi connectivity index (χ2v) is 6.54. The zero-order valence-corrected chi connectivity index (χ0v) is 13.2. The average molecular weight is 288 g/mol. The van der Waals surface area contributed by atoms with Crippen LogP contribution in [0.4, 0.5) is 0 Å². The first kappa shape index (κ1) is 14.9. The largest absolute Gasteiger partial charge is 0.492 e. The summed E-state index contributed by atoms with van der Waals surface area (Å²) in [5, 5.41) is 3.67. The molecular formula is C18H28N2O. The van der Waals surface area contributed by atoms with E-state index < -0.39 is 0 Å². The Kier molecular flexibility index (Phi) is 5.15. The second-order valence-electron chi connectivity index (χ2n) is 6.54. The molecule has 1 saturated heterocycles. The van der Waals surface area contributed by atoms with Crippen LogP contribution in [0.5, 0.6) is 5.75 Å². The Labute approximate surface area is 128 Å². The molecular weight excluding hydrogens is 260 g/mol.